The molecule has 3 aromatic rings. The topological polar surface area (TPSA) is 95.1 Å². The van der Waals surface area contributed by atoms with Crippen LogP contribution in [0.5, 0.6) is 0 Å². The Balaban J connectivity index is 1.70. The number of hydrogen-bond donors (Lipinski definition) is 2. The molecule has 134 valence electrons. The zero-order chi connectivity index (χ0) is 19.0. The minimum Gasteiger partial charge on any atom is -0.478 e. The molecule has 1 aromatic heterocycles. The Morgan fingerprint density at radius 3 is 2.74 bits per heavy atom. The smallest absolute Gasteiger partial charge is 0.335 e. The van der Waals surface area contributed by atoms with Crippen LogP contribution in [0.25, 0.3) is 10.9 Å². The number of anilines is 1. The first-order chi connectivity index (χ1) is 13.0. The van der Waals surface area contributed by atoms with Crippen LogP contribution in [0.1, 0.15) is 39.1 Å². The molecule has 4 rings (SSSR count). The van der Waals surface area contributed by atoms with Crippen LogP contribution in [0.4, 0.5) is 5.69 Å². The van der Waals surface area contributed by atoms with Gasteiger partial charge in [-0.05, 0) is 49.1 Å². The molecule has 1 saturated carbocycles. The predicted octanol–water partition coefficient (Wildman–Crippen LogP) is 3.87. The minimum absolute atomic E-state index is 0.114. The number of fused-ring (bicyclic) bond motifs is 1. The Morgan fingerprint density at radius 2 is 2.04 bits per heavy atom. The quantitative estimate of drug-likeness (QED) is 0.723. The summed E-state index contributed by atoms with van der Waals surface area (Å²) in [6, 6.07) is 13.6. The van der Waals surface area contributed by atoms with Gasteiger partial charge in [0.2, 0.25) is 0 Å². The van der Waals surface area contributed by atoms with Crippen LogP contribution in [0, 0.1) is 17.2 Å². The van der Waals surface area contributed by atoms with Gasteiger partial charge in [-0.1, -0.05) is 12.1 Å². The van der Waals surface area contributed by atoms with Crippen molar-refractivity contribution >= 4 is 28.5 Å². The highest BCUT2D eigenvalue weighted by Gasteiger charge is 2.24. The predicted molar refractivity (Wildman–Crippen MR) is 101 cm³/mol. The highest BCUT2D eigenvalue weighted by Crippen LogP contribution is 2.33. The van der Waals surface area contributed by atoms with Crippen LogP contribution in [0.15, 0.2) is 48.7 Å². The SMILES string of the molecule is N#Cc1ccc2c(C(=O)Nc3cccc(C(=O)O)c3)cn(CC3CC3)c2c1. The second kappa shape index (κ2) is 6.61. The third-order valence-electron chi connectivity index (χ3n) is 4.78. The largest absolute Gasteiger partial charge is 0.478 e. The number of nitrogens with zero attached hydrogens (tertiary/aromatic N) is 2. The molecule has 6 heteroatoms. The van der Waals surface area contributed by atoms with E-state index in [-0.39, 0.29) is 11.5 Å². The van der Waals surface area contributed by atoms with Crippen LogP contribution >= 0.6 is 0 Å². The summed E-state index contributed by atoms with van der Waals surface area (Å²) in [5.41, 5.74) is 2.47. The molecule has 6 nitrogen and oxygen atoms in total. The molecular formula is C21H17N3O3. The molecule has 27 heavy (non-hydrogen) atoms. The molecule has 1 fully saturated rings. The summed E-state index contributed by atoms with van der Waals surface area (Å²) < 4.78 is 2.04. The number of rotatable bonds is 5. The molecule has 0 radical (unpaired) electrons. The van der Waals surface area contributed by atoms with Crippen molar-refractivity contribution in [1.82, 2.24) is 4.57 Å². The van der Waals surface area contributed by atoms with Gasteiger partial charge in [0.1, 0.15) is 0 Å². The standard InChI is InChI=1S/C21H17N3O3/c22-10-14-6-7-17-18(12-24(19(17)8-14)11-13-4-5-13)20(25)23-16-3-1-2-15(9-16)21(26)27/h1-3,6-9,12-13H,4-5,11H2,(H,23,25)(H,26,27). The lowest BCUT2D eigenvalue weighted by Crippen LogP contribution is -2.12. The molecule has 0 bridgehead atoms. The summed E-state index contributed by atoms with van der Waals surface area (Å²) in [7, 11) is 0. The van der Waals surface area contributed by atoms with Crippen LogP contribution < -0.4 is 5.32 Å². The first-order valence-corrected chi connectivity index (χ1v) is 8.73. The molecular weight excluding hydrogens is 342 g/mol. The molecule has 0 aliphatic heterocycles. The monoisotopic (exact) mass is 359 g/mol. The molecule has 1 heterocycles. The Kier molecular flexibility index (Phi) is 4.13. The van der Waals surface area contributed by atoms with E-state index in [4.69, 9.17) is 5.11 Å². The molecule has 2 aromatic carbocycles. The summed E-state index contributed by atoms with van der Waals surface area (Å²) >= 11 is 0. The summed E-state index contributed by atoms with van der Waals surface area (Å²) in [6.45, 7) is 0.827. The van der Waals surface area contributed by atoms with Crippen molar-refractivity contribution in [2.45, 2.75) is 19.4 Å². The normalized spacial score (nSPS) is 13.3. The van der Waals surface area contributed by atoms with Crippen molar-refractivity contribution in [3.8, 4) is 6.07 Å². The van der Waals surface area contributed by atoms with Crippen LogP contribution in [0.2, 0.25) is 0 Å². The second-order valence-corrected chi connectivity index (χ2v) is 6.82. The van der Waals surface area contributed by atoms with E-state index in [0.29, 0.717) is 22.7 Å². The van der Waals surface area contributed by atoms with Gasteiger partial charge in [0.25, 0.3) is 5.91 Å². The number of aromatic carboxylic acids is 1. The van der Waals surface area contributed by atoms with Crippen molar-refractivity contribution in [1.29, 1.82) is 5.26 Å². The van der Waals surface area contributed by atoms with Crippen LogP contribution in [-0.4, -0.2) is 21.6 Å². The fourth-order valence-corrected chi connectivity index (χ4v) is 3.20. The Labute approximate surface area is 155 Å². The zero-order valence-corrected chi connectivity index (χ0v) is 14.5. The van der Waals surface area contributed by atoms with E-state index in [1.165, 1.54) is 25.0 Å². The molecule has 0 unspecified atom stereocenters. The van der Waals surface area contributed by atoms with Crippen LogP contribution in [-0.2, 0) is 6.54 Å². The van der Waals surface area contributed by atoms with E-state index in [1.54, 1.807) is 30.3 Å². The highest BCUT2D eigenvalue weighted by atomic mass is 16.4. The van der Waals surface area contributed by atoms with Gasteiger partial charge in [-0.3, -0.25) is 4.79 Å². The average Bonchev–Trinajstić information content (AvgIpc) is 3.41. The molecule has 0 spiro atoms. The Morgan fingerprint density at radius 1 is 1.22 bits per heavy atom. The van der Waals surface area contributed by atoms with E-state index < -0.39 is 5.97 Å². The number of aromatic nitrogens is 1. The van der Waals surface area contributed by atoms with Crippen molar-refractivity contribution < 1.29 is 14.7 Å². The van der Waals surface area contributed by atoms with Crippen LogP contribution in [0.3, 0.4) is 0 Å². The maximum absolute atomic E-state index is 12.8. The van der Waals surface area contributed by atoms with Gasteiger partial charge in [0, 0.05) is 23.8 Å². The lowest BCUT2D eigenvalue weighted by atomic mass is 10.1. The number of amides is 1. The van der Waals surface area contributed by atoms with E-state index >= 15 is 0 Å². The zero-order valence-electron chi connectivity index (χ0n) is 14.5. The lowest BCUT2D eigenvalue weighted by Gasteiger charge is -2.05. The fourth-order valence-electron chi connectivity index (χ4n) is 3.20. The van der Waals surface area contributed by atoms with Crippen molar-refractivity contribution in [3.05, 3.63) is 65.4 Å². The third kappa shape index (κ3) is 3.40. The summed E-state index contributed by atoms with van der Waals surface area (Å²) in [4.78, 5) is 24.0. The average molecular weight is 359 g/mol. The summed E-state index contributed by atoms with van der Waals surface area (Å²) in [5, 5.41) is 21.8. The van der Waals surface area contributed by atoms with Crippen molar-refractivity contribution in [2.75, 3.05) is 5.32 Å². The third-order valence-corrected chi connectivity index (χ3v) is 4.78. The van der Waals surface area contributed by atoms with E-state index in [2.05, 4.69) is 11.4 Å². The van der Waals surface area contributed by atoms with Gasteiger partial charge in [0.15, 0.2) is 0 Å². The second-order valence-electron chi connectivity index (χ2n) is 6.82. The number of benzene rings is 2. The van der Waals surface area contributed by atoms with E-state index in [0.717, 1.165) is 17.4 Å². The highest BCUT2D eigenvalue weighted by molar-refractivity contribution is 6.13. The maximum atomic E-state index is 12.8. The lowest BCUT2D eigenvalue weighted by molar-refractivity contribution is 0.0696. The number of carboxylic acid groups (broad SMARTS) is 1. The first kappa shape index (κ1) is 16.9. The van der Waals surface area contributed by atoms with Crippen molar-refractivity contribution in [2.24, 2.45) is 5.92 Å². The summed E-state index contributed by atoms with van der Waals surface area (Å²) in [5.74, 6) is -0.729. The van der Waals surface area contributed by atoms with Gasteiger partial charge in [-0.2, -0.15) is 5.26 Å². The molecule has 0 atom stereocenters. The molecule has 1 aliphatic rings. The summed E-state index contributed by atoms with van der Waals surface area (Å²) in [6.07, 6.45) is 4.18. The van der Waals surface area contributed by atoms with Gasteiger partial charge < -0.3 is 15.0 Å². The number of carboxylic acids is 1. The van der Waals surface area contributed by atoms with Crippen molar-refractivity contribution in [3.63, 3.8) is 0 Å². The van der Waals surface area contributed by atoms with Gasteiger partial charge in [-0.15, -0.1) is 0 Å². The number of nitriles is 1. The molecule has 0 saturated heterocycles. The van der Waals surface area contributed by atoms with Gasteiger partial charge in [0.05, 0.1) is 28.3 Å². The number of carbonyl (C=O) groups is 2. The van der Waals surface area contributed by atoms with Gasteiger partial charge >= 0.3 is 5.97 Å². The fraction of sp³-hybridized carbons (Fsp3) is 0.190. The Bertz CT molecular complexity index is 1100. The minimum atomic E-state index is -1.05. The first-order valence-electron chi connectivity index (χ1n) is 8.73. The molecule has 1 amide bonds. The maximum Gasteiger partial charge on any atom is 0.335 e. The molecule has 2 N–H and O–H groups in total. The van der Waals surface area contributed by atoms with Gasteiger partial charge in [-0.25, -0.2) is 4.79 Å². The number of carbonyl (C=O) groups excluding carboxylic acids is 1. The molecule has 1 aliphatic carbocycles. The number of nitrogens with one attached hydrogen (secondary N) is 1. The Hall–Kier alpha value is -3.59. The van der Waals surface area contributed by atoms with E-state index in [1.807, 2.05) is 10.8 Å². The van der Waals surface area contributed by atoms with E-state index in [9.17, 15) is 14.9 Å². The number of hydrogen-bond acceptors (Lipinski definition) is 3.